The first-order valence-electron chi connectivity index (χ1n) is 29.4. The van der Waals surface area contributed by atoms with E-state index < -0.39 is 280 Å². The Kier molecular flexibility index (Phi) is 2.50. The lowest BCUT2D eigenvalue weighted by Gasteiger charge is -2.18. The maximum Gasteiger partial charge on any atom is 0.143 e. The molecular formula is C48H30O. The van der Waals surface area contributed by atoms with Gasteiger partial charge in [-0.1, -0.05) is 157 Å². The largest absolute Gasteiger partial charge is 0.455 e. The summed E-state index contributed by atoms with van der Waals surface area (Å²) >= 11 is 0. The Morgan fingerprint density at radius 2 is 0.878 bits per heavy atom. The zero-order valence-electron chi connectivity index (χ0n) is 54.4. The molecule has 9 aromatic carbocycles. The van der Waals surface area contributed by atoms with E-state index in [-0.39, 0.29) is 0 Å². The molecule has 0 saturated carbocycles. The van der Waals surface area contributed by atoms with Gasteiger partial charge in [0.15, 0.2) is 0 Å². The van der Waals surface area contributed by atoms with Crippen LogP contribution in [-0.2, 0) is 0 Å². The highest BCUT2D eigenvalue weighted by molar-refractivity contribution is 6.24. The third-order valence-corrected chi connectivity index (χ3v) is 7.81. The molecule has 0 saturated heterocycles. The molecule has 1 heterocycles. The van der Waals surface area contributed by atoms with Crippen molar-refractivity contribution in [2.24, 2.45) is 0 Å². The first kappa shape index (κ1) is 11.1. The Morgan fingerprint density at radius 1 is 0.327 bits per heavy atom. The Labute approximate surface area is 326 Å². The molecule has 49 heavy (non-hydrogen) atoms. The van der Waals surface area contributed by atoms with Crippen LogP contribution in [0, 0.1) is 0 Å². The van der Waals surface area contributed by atoms with Crippen molar-refractivity contribution in [1.82, 2.24) is 0 Å². The number of hydrogen-bond acceptors (Lipinski definition) is 1. The second-order valence-corrected chi connectivity index (χ2v) is 10.5. The molecule has 228 valence electrons. The lowest BCUT2D eigenvalue weighted by molar-refractivity contribution is 0.670. The van der Waals surface area contributed by atoms with Gasteiger partial charge in [-0.15, -0.1) is 0 Å². The van der Waals surface area contributed by atoms with Gasteiger partial charge >= 0.3 is 0 Å². The van der Waals surface area contributed by atoms with Gasteiger partial charge in [0, 0.05) is 21.9 Å². The first-order valence-corrected chi connectivity index (χ1v) is 14.4. The van der Waals surface area contributed by atoms with E-state index in [1.807, 2.05) is 0 Å². The Bertz CT molecular complexity index is 4490. The van der Waals surface area contributed by atoms with Crippen molar-refractivity contribution in [2.75, 3.05) is 0 Å². The lowest BCUT2D eigenvalue weighted by atomic mass is 9.85. The number of furan rings is 1. The molecule has 10 aromatic rings. The number of para-hydroxylation sites is 1. The average Bonchev–Trinajstić information content (AvgIpc) is 3.82. The maximum absolute atomic E-state index is 9.82. The van der Waals surface area contributed by atoms with E-state index in [1.165, 1.54) is 0 Å². The van der Waals surface area contributed by atoms with Crippen LogP contribution >= 0.6 is 0 Å². The Balaban J connectivity index is 1.47. The van der Waals surface area contributed by atoms with Crippen molar-refractivity contribution in [3.05, 3.63) is 181 Å². The maximum atomic E-state index is 9.82. The van der Waals surface area contributed by atoms with Crippen molar-refractivity contribution in [3.63, 3.8) is 0 Å². The minimum absolute atomic E-state index is 0.583. The molecule has 0 radical (unpaired) electrons. The molecule has 1 nitrogen and oxygen atoms in total. The fourth-order valence-corrected chi connectivity index (χ4v) is 5.72. The number of benzene rings is 9. The Hall–Kier alpha value is -6.44. The van der Waals surface area contributed by atoms with E-state index in [1.54, 1.807) is 0 Å². The minimum Gasteiger partial charge on any atom is -0.455 e. The van der Waals surface area contributed by atoms with Crippen molar-refractivity contribution >= 4 is 54.3 Å². The van der Waals surface area contributed by atoms with E-state index in [2.05, 4.69) is 0 Å². The predicted molar refractivity (Wildman–Crippen MR) is 208 cm³/mol. The summed E-state index contributed by atoms with van der Waals surface area (Å²) in [7, 11) is 0. The van der Waals surface area contributed by atoms with Crippen LogP contribution in [0.3, 0.4) is 0 Å². The molecule has 0 unspecified atom stereocenters. The van der Waals surface area contributed by atoms with Gasteiger partial charge in [0.25, 0.3) is 0 Å². The van der Waals surface area contributed by atoms with E-state index in [4.69, 9.17) is 30.5 Å². The second-order valence-electron chi connectivity index (χ2n) is 10.5. The van der Waals surface area contributed by atoms with Gasteiger partial charge in [-0.2, -0.15) is 0 Å². The molecule has 0 spiro atoms. The van der Waals surface area contributed by atoms with Crippen LogP contribution < -0.4 is 0 Å². The van der Waals surface area contributed by atoms with Gasteiger partial charge in [0.2, 0.25) is 0 Å². The molecule has 0 amide bonds. The average molecular weight is 653 g/mol. The zero-order chi connectivity index (χ0) is 58.4. The van der Waals surface area contributed by atoms with E-state index in [0.717, 1.165) is 0 Å². The second kappa shape index (κ2) is 11.1. The highest BCUT2D eigenvalue weighted by atomic mass is 16.3. The van der Waals surface area contributed by atoms with Gasteiger partial charge < -0.3 is 4.42 Å². The molecule has 0 fully saturated rings. The summed E-state index contributed by atoms with van der Waals surface area (Å²) in [5.74, 6) is 0. The summed E-state index contributed by atoms with van der Waals surface area (Å²) in [4.78, 5) is 0. The van der Waals surface area contributed by atoms with Gasteiger partial charge in [0.05, 0.1) is 41.1 Å². The predicted octanol–water partition coefficient (Wildman–Crippen LogP) is 13.7. The number of rotatable bonds is 4. The van der Waals surface area contributed by atoms with E-state index >= 15 is 0 Å². The van der Waals surface area contributed by atoms with Crippen LogP contribution in [0.5, 0.6) is 0 Å². The van der Waals surface area contributed by atoms with Crippen molar-refractivity contribution in [1.29, 1.82) is 0 Å². The SMILES string of the molecule is [2H]c1c([2H])c([2H])c(-c2c([2H])c([2H])c3oc4c(-c5c6c([2H])c([2H])c([2H])c([2H])c6c(-c6c([2H])c([2H])c([2H])c(-c7c([2H])c([2H])c8c([2H])c([2H])c([2H])c([2H])c8c7[2H])c6[2H])c6c([2H])c([2H])c([2H])c([2H])c56)c([2H])c([2H])c([2H])c4c3c2[2H])c([2H])c1[2H]. The molecule has 0 aliphatic carbocycles. The van der Waals surface area contributed by atoms with Gasteiger partial charge in [0.1, 0.15) is 11.2 Å². The smallest absolute Gasteiger partial charge is 0.143 e. The molecule has 1 heteroatoms. The van der Waals surface area contributed by atoms with Crippen molar-refractivity contribution in [2.45, 2.75) is 0 Å². The fraction of sp³-hybridized carbons (Fsp3) is 0. The summed E-state index contributed by atoms with van der Waals surface area (Å²) in [5, 5.41) is -5.61. The molecule has 10 rings (SSSR count). The van der Waals surface area contributed by atoms with Gasteiger partial charge in [-0.25, -0.2) is 0 Å². The third kappa shape index (κ3) is 4.47. The summed E-state index contributed by atoms with van der Waals surface area (Å²) in [6.07, 6.45) is 0. The fourth-order valence-electron chi connectivity index (χ4n) is 5.72. The summed E-state index contributed by atoms with van der Waals surface area (Å²) in [6.45, 7) is 0. The normalized spacial score (nSPS) is 20.2. The monoisotopic (exact) mass is 652 g/mol. The van der Waals surface area contributed by atoms with Crippen molar-refractivity contribution in [3.8, 4) is 44.5 Å². The topological polar surface area (TPSA) is 13.1 Å². The minimum atomic E-state index is -1.11. The van der Waals surface area contributed by atoms with Crippen LogP contribution in [0.2, 0.25) is 0 Å². The third-order valence-electron chi connectivity index (χ3n) is 7.81. The molecular weight excluding hydrogens is 593 g/mol. The highest BCUT2D eigenvalue weighted by Crippen LogP contribution is 2.47. The lowest BCUT2D eigenvalue weighted by Crippen LogP contribution is -1.91. The van der Waals surface area contributed by atoms with Crippen LogP contribution in [0.4, 0.5) is 0 Å². The first-order chi connectivity index (χ1) is 36.8. The van der Waals surface area contributed by atoms with Crippen LogP contribution in [0.1, 0.15) is 41.1 Å². The van der Waals surface area contributed by atoms with E-state index in [0.29, 0.717) is 0 Å². The molecule has 0 aliphatic rings. The van der Waals surface area contributed by atoms with Gasteiger partial charge in [-0.3, -0.25) is 0 Å². The molecule has 1 aromatic heterocycles. The summed E-state index contributed by atoms with van der Waals surface area (Å²) < 4.78 is 276. The van der Waals surface area contributed by atoms with E-state index in [9.17, 15) is 15.1 Å². The zero-order valence-corrected chi connectivity index (χ0v) is 24.4. The quantitative estimate of drug-likeness (QED) is 0.172. The number of fused-ring (bicyclic) bond motifs is 6. The van der Waals surface area contributed by atoms with Gasteiger partial charge in [-0.05, 0) is 89.9 Å². The molecule has 0 bridgehead atoms. The summed E-state index contributed by atoms with van der Waals surface area (Å²) in [5.41, 5.74) is -7.87. The molecule has 0 N–H and O–H groups in total. The summed E-state index contributed by atoms with van der Waals surface area (Å²) in [6, 6.07) is -28.9. The standard InChI is InChI=1S/C48H30O/c1-2-12-31(13-3-1)36-26-27-45-44(30-36)42-22-11-23-43(48(42)49-45)47-40-20-8-6-18-38(40)46(39-19-7-9-21-41(39)47)37-17-10-16-34(29-37)35-25-24-32-14-4-5-15-33(32)28-35/h1-30H/i1D,2D,3D,4D,5D,6D,7D,8D,9D,10D,11D,12D,13D,14D,15D,16D,17D,18D,19D,20D,21D,22D,23D,24D,25D,26D,27D,28D,29D,30D. The Morgan fingerprint density at radius 3 is 1.65 bits per heavy atom. The molecule has 0 atom stereocenters. The molecule has 0 aliphatic heterocycles. The number of hydrogen-bond donors (Lipinski definition) is 0. The van der Waals surface area contributed by atoms with Crippen LogP contribution in [-0.4, -0.2) is 0 Å². The van der Waals surface area contributed by atoms with Crippen LogP contribution in [0.25, 0.3) is 98.8 Å². The van der Waals surface area contributed by atoms with Crippen molar-refractivity contribution < 1.29 is 45.5 Å². The van der Waals surface area contributed by atoms with Crippen LogP contribution in [0.15, 0.2) is 186 Å². The highest BCUT2D eigenvalue weighted by Gasteiger charge is 2.20.